The third-order valence-electron chi connectivity index (χ3n) is 2.71. The van der Waals surface area contributed by atoms with Crippen molar-refractivity contribution < 1.29 is 9.21 Å². The van der Waals surface area contributed by atoms with Gasteiger partial charge in [0.2, 0.25) is 0 Å². The van der Waals surface area contributed by atoms with Gasteiger partial charge in [-0.3, -0.25) is 0 Å². The van der Waals surface area contributed by atoms with Gasteiger partial charge in [0.25, 0.3) is 0 Å². The molecule has 0 saturated carbocycles. The third-order valence-corrected chi connectivity index (χ3v) is 3.52. The summed E-state index contributed by atoms with van der Waals surface area (Å²) in [5.41, 5.74) is 0.551. The Kier molecular flexibility index (Phi) is 4.73. The fourth-order valence-electron chi connectivity index (χ4n) is 1.70. The van der Waals surface area contributed by atoms with Crippen LogP contribution in [0.2, 0.25) is 5.02 Å². The van der Waals surface area contributed by atoms with Gasteiger partial charge in [0.05, 0.1) is 16.8 Å². The van der Waals surface area contributed by atoms with E-state index in [1.54, 1.807) is 18.2 Å². The Balaban J connectivity index is 1.98. The van der Waals surface area contributed by atoms with E-state index in [1.165, 1.54) is 0 Å². The number of carbonyl (C=O) groups excluding carboxylic acids is 1. The molecule has 0 fully saturated rings. The number of anilines is 1. The lowest BCUT2D eigenvalue weighted by atomic mass is 10.2. The number of rotatable bonds is 3. The first-order valence-electron chi connectivity index (χ1n) is 6.04. The fraction of sp³-hybridized carbons (Fsp3) is 0.214. The van der Waals surface area contributed by atoms with E-state index in [-0.39, 0.29) is 12.1 Å². The summed E-state index contributed by atoms with van der Waals surface area (Å²) in [7, 11) is 0. The zero-order valence-corrected chi connectivity index (χ0v) is 13.4. The van der Waals surface area contributed by atoms with Crippen molar-refractivity contribution in [2.75, 3.05) is 5.32 Å². The van der Waals surface area contributed by atoms with Gasteiger partial charge >= 0.3 is 6.03 Å². The fourth-order valence-corrected chi connectivity index (χ4v) is 2.42. The summed E-state index contributed by atoms with van der Waals surface area (Å²) < 4.78 is 6.32. The van der Waals surface area contributed by atoms with E-state index in [4.69, 9.17) is 16.0 Å². The number of furan rings is 1. The molecule has 0 saturated heterocycles. The Bertz CT molecular complexity index is 627. The second kappa shape index (κ2) is 6.33. The molecular formula is C14H14BrClN2O2. The average Bonchev–Trinajstić information content (AvgIpc) is 2.79. The van der Waals surface area contributed by atoms with Gasteiger partial charge in [-0.25, -0.2) is 4.79 Å². The minimum absolute atomic E-state index is 0.224. The number of hydrogen-bond donors (Lipinski definition) is 2. The molecule has 1 heterocycles. The van der Waals surface area contributed by atoms with Crippen molar-refractivity contribution in [1.82, 2.24) is 5.32 Å². The SMILES string of the molecule is Cc1ccc([C@H](C)NC(=O)Nc2ccc(Br)cc2Cl)o1. The van der Waals surface area contributed by atoms with Gasteiger partial charge in [-0.05, 0) is 44.2 Å². The molecular weight excluding hydrogens is 344 g/mol. The first-order chi connectivity index (χ1) is 9.45. The van der Waals surface area contributed by atoms with Gasteiger partial charge in [0.1, 0.15) is 11.5 Å². The molecule has 2 rings (SSSR count). The lowest BCUT2D eigenvalue weighted by molar-refractivity contribution is 0.247. The molecule has 2 amide bonds. The lowest BCUT2D eigenvalue weighted by Crippen LogP contribution is -2.31. The zero-order chi connectivity index (χ0) is 14.7. The van der Waals surface area contributed by atoms with Crippen molar-refractivity contribution in [2.24, 2.45) is 0 Å². The first kappa shape index (κ1) is 14.9. The molecule has 6 heteroatoms. The van der Waals surface area contributed by atoms with Gasteiger partial charge in [0, 0.05) is 4.47 Å². The smallest absolute Gasteiger partial charge is 0.319 e. The Morgan fingerprint density at radius 2 is 2.10 bits per heavy atom. The number of hydrogen-bond acceptors (Lipinski definition) is 2. The lowest BCUT2D eigenvalue weighted by Gasteiger charge is -2.13. The Hall–Kier alpha value is -1.46. The molecule has 0 aliphatic heterocycles. The molecule has 0 radical (unpaired) electrons. The van der Waals surface area contributed by atoms with Crippen LogP contribution in [0.3, 0.4) is 0 Å². The molecule has 106 valence electrons. The molecule has 2 N–H and O–H groups in total. The van der Waals surface area contributed by atoms with Crippen LogP contribution in [0.25, 0.3) is 0 Å². The summed E-state index contributed by atoms with van der Waals surface area (Å²) in [5, 5.41) is 5.95. The first-order valence-corrected chi connectivity index (χ1v) is 7.21. The maximum Gasteiger partial charge on any atom is 0.319 e. The summed E-state index contributed by atoms with van der Waals surface area (Å²) >= 11 is 9.35. The number of nitrogens with one attached hydrogen (secondary N) is 2. The summed E-state index contributed by atoms with van der Waals surface area (Å²) in [6, 6.07) is 8.39. The second-order valence-corrected chi connectivity index (χ2v) is 5.72. The van der Waals surface area contributed by atoms with Crippen LogP contribution in [0, 0.1) is 6.92 Å². The van der Waals surface area contributed by atoms with E-state index in [9.17, 15) is 4.79 Å². The number of benzene rings is 1. The quantitative estimate of drug-likeness (QED) is 0.822. The topological polar surface area (TPSA) is 54.3 Å². The molecule has 1 aromatic carbocycles. The predicted octanol–water partition coefficient (Wildman–Crippen LogP) is 4.89. The van der Waals surface area contributed by atoms with Gasteiger partial charge in [-0.15, -0.1) is 0 Å². The van der Waals surface area contributed by atoms with Crippen molar-refractivity contribution in [3.05, 3.63) is 51.3 Å². The van der Waals surface area contributed by atoms with E-state index >= 15 is 0 Å². The van der Waals surface area contributed by atoms with Crippen molar-refractivity contribution >= 4 is 39.2 Å². The highest BCUT2D eigenvalue weighted by Crippen LogP contribution is 2.25. The van der Waals surface area contributed by atoms with Crippen LogP contribution in [-0.4, -0.2) is 6.03 Å². The van der Waals surface area contributed by atoms with Gasteiger partial charge in [-0.1, -0.05) is 27.5 Å². The third kappa shape index (κ3) is 3.77. The van der Waals surface area contributed by atoms with Crippen LogP contribution in [-0.2, 0) is 0 Å². The number of urea groups is 1. The summed E-state index contributed by atoms with van der Waals surface area (Å²) in [5.74, 6) is 1.52. The van der Waals surface area contributed by atoms with Crippen molar-refractivity contribution in [2.45, 2.75) is 19.9 Å². The van der Waals surface area contributed by atoms with Crippen LogP contribution in [0.1, 0.15) is 24.5 Å². The standard InChI is InChI=1S/C14H14BrClN2O2/c1-8-3-6-13(20-8)9(2)17-14(19)18-12-5-4-10(15)7-11(12)16/h3-7,9H,1-2H3,(H2,17,18,19)/t9-/m0/s1. The van der Waals surface area contributed by atoms with E-state index < -0.39 is 0 Å². The van der Waals surface area contributed by atoms with Crippen molar-refractivity contribution in [3.63, 3.8) is 0 Å². The van der Waals surface area contributed by atoms with E-state index in [0.717, 1.165) is 10.2 Å². The zero-order valence-electron chi connectivity index (χ0n) is 11.0. The number of carbonyl (C=O) groups is 1. The highest BCUT2D eigenvalue weighted by atomic mass is 79.9. The number of halogens is 2. The average molecular weight is 358 g/mol. The van der Waals surface area contributed by atoms with Gasteiger partial charge in [-0.2, -0.15) is 0 Å². The monoisotopic (exact) mass is 356 g/mol. The summed E-state index contributed by atoms with van der Waals surface area (Å²) in [6.45, 7) is 3.71. The Labute approximate surface area is 130 Å². The van der Waals surface area contributed by atoms with Crippen LogP contribution in [0.15, 0.2) is 39.2 Å². The molecule has 0 spiro atoms. The molecule has 0 aliphatic carbocycles. The number of amides is 2. The molecule has 2 aromatic rings. The van der Waals surface area contributed by atoms with Crippen LogP contribution >= 0.6 is 27.5 Å². The van der Waals surface area contributed by atoms with Gasteiger partial charge < -0.3 is 15.1 Å². The van der Waals surface area contributed by atoms with Crippen molar-refractivity contribution in [3.8, 4) is 0 Å². The van der Waals surface area contributed by atoms with E-state index in [1.807, 2.05) is 26.0 Å². The molecule has 1 aromatic heterocycles. The minimum Gasteiger partial charge on any atom is -0.464 e. The molecule has 4 nitrogen and oxygen atoms in total. The summed E-state index contributed by atoms with van der Waals surface area (Å²) in [6.07, 6.45) is 0. The summed E-state index contributed by atoms with van der Waals surface area (Å²) in [4.78, 5) is 11.9. The van der Waals surface area contributed by atoms with Crippen LogP contribution in [0.4, 0.5) is 10.5 Å². The molecule has 20 heavy (non-hydrogen) atoms. The molecule has 0 aliphatic rings. The maximum atomic E-state index is 11.9. The highest BCUT2D eigenvalue weighted by Gasteiger charge is 2.13. The van der Waals surface area contributed by atoms with Crippen LogP contribution < -0.4 is 10.6 Å². The normalized spacial score (nSPS) is 12.0. The molecule has 0 bridgehead atoms. The predicted molar refractivity (Wildman–Crippen MR) is 83.2 cm³/mol. The Morgan fingerprint density at radius 1 is 1.35 bits per heavy atom. The van der Waals surface area contributed by atoms with Crippen molar-refractivity contribution in [1.29, 1.82) is 0 Å². The second-order valence-electron chi connectivity index (χ2n) is 4.39. The minimum atomic E-state index is -0.337. The van der Waals surface area contributed by atoms with Crippen LogP contribution in [0.5, 0.6) is 0 Å². The Morgan fingerprint density at radius 3 is 2.70 bits per heavy atom. The highest BCUT2D eigenvalue weighted by molar-refractivity contribution is 9.10. The molecule has 0 unspecified atom stereocenters. The van der Waals surface area contributed by atoms with Gasteiger partial charge in [0.15, 0.2) is 0 Å². The molecule has 1 atom stereocenters. The van der Waals surface area contributed by atoms with E-state index in [0.29, 0.717) is 16.5 Å². The van der Waals surface area contributed by atoms with E-state index in [2.05, 4.69) is 26.6 Å². The maximum absolute atomic E-state index is 11.9. The largest absolute Gasteiger partial charge is 0.464 e. The number of aryl methyl sites for hydroxylation is 1.